The van der Waals surface area contributed by atoms with Gasteiger partial charge in [0.05, 0.1) is 5.92 Å². The standard InChI is InChI=1S/C36H45N5O3/c1-39(2)35-20-26(14-17-38-35)25-44-30-9-6-8-27(21-30)31-15-16-37-22-33(31)36(42)41(29-12-13-29)24-28-23-40(18-7-19-43-3)34-11-5-4-10-32(28)34/h4-6,8-11,14,17,20-21,23,29,31,33,37H,7,12-13,15-16,18-19,22,24-25H2,1-3H3/t31-,33+/m1/s1. The number of nitrogens with zero attached hydrogens (tertiary/aromatic N) is 4. The Hall–Kier alpha value is -3.88. The highest BCUT2D eigenvalue weighted by Gasteiger charge is 2.40. The van der Waals surface area contributed by atoms with Gasteiger partial charge in [-0.15, -0.1) is 0 Å². The van der Waals surface area contributed by atoms with Crippen LogP contribution in [0.1, 0.15) is 48.3 Å². The number of pyridine rings is 1. The van der Waals surface area contributed by atoms with Crippen molar-refractivity contribution in [3.8, 4) is 5.75 Å². The van der Waals surface area contributed by atoms with Crippen LogP contribution in [-0.4, -0.2) is 67.3 Å². The third-order valence-corrected chi connectivity index (χ3v) is 8.99. The summed E-state index contributed by atoms with van der Waals surface area (Å²) in [6, 6.07) is 21.3. The number of benzene rings is 2. The van der Waals surface area contributed by atoms with Crippen molar-refractivity contribution in [1.82, 2.24) is 19.8 Å². The lowest BCUT2D eigenvalue weighted by Gasteiger charge is -2.36. The largest absolute Gasteiger partial charge is 0.489 e. The number of carbonyl (C=O) groups is 1. The Bertz CT molecular complexity index is 1560. The van der Waals surface area contributed by atoms with Crippen molar-refractivity contribution in [1.29, 1.82) is 0 Å². The van der Waals surface area contributed by atoms with E-state index in [4.69, 9.17) is 9.47 Å². The zero-order valence-electron chi connectivity index (χ0n) is 26.2. The number of piperidine rings is 1. The lowest BCUT2D eigenvalue weighted by Crippen LogP contribution is -2.47. The molecule has 0 radical (unpaired) electrons. The number of nitrogens with one attached hydrogen (secondary N) is 1. The number of methoxy groups -OCH3 is 1. The molecule has 2 atom stereocenters. The third kappa shape index (κ3) is 6.92. The molecule has 1 aliphatic heterocycles. The summed E-state index contributed by atoms with van der Waals surface area (Å²) in [6.07, 6.45) is 8.12. The number of aryl methyl sites for hydroxylation is 1. The Morgan fingerprint density at radius 2 is 1.93 bits per heavy atom. The van der Waals surface area contributed by atoms with Gasteiger partial charge in [-0.3, -0.25) is 4.79 Å². The smallest absolute Gasteiger partial charge is 0.228 e. The average molecular weight is 596 g/mol. The minimum absolute atomic E-state index is 0.113. The Morgan fingerprint density at radius 1 is 1.07 bits per heavy atom. The Morgan fingerprint density at radius 3 is 2.75 bits per heavy atom. The minimum atomic E-state index is -0.113. The van der Waals surface area contributed by atoms with Gasteiger partial charge in [-0.05, 0) is 85.2 Å². The zero-order chi connectivity index (χ0) is 30.5. The first kappa shape index (κ1) is 30.2. The van der Waals surface area contributed by atoms with E-state index in [1.165, 1.54) is 22.0 Å². The number of hydrogen-bond acceptors (Lipinski definition) is 6. The van der Waals surface area contributed by atoms with E-state index in [1.54, 1.807) is 7.11 Å². The third-order valence-electron chi connectivity index (χ3n) is 8.99. The summed E-state index contributed by atoms with van der Waals surface area (Å²) in [5, 5.41) is 4.76. The van der Waals surface area contributed by atoms with Crippen LogP contribution in [0.15, 0.2) is 73.1 Å². The van der Waals surface area contributed by atoms with Gasteiger partial charge < -0.3 is 29.2 Å². The number of aromatic nitrogens is 2. The highest BCUT2D eigenvalue weighted by molar-refractivity contribution is 5.85. The molecule has 2 fully saturated rings. The summed E-state index contributed by atoms with van der Waals surface area (Å²) in [6.45, 7) is 4.35. The van der Waals surface area contributed by atoms with Gasteiger partial charge in [0, 0.05) is 76.8 Å². The average Bonchev–Trinajstić information content (AvgIpc) is 3.85. The van der Waals surface area contributed by atoms with Crippen LogP contribution in [0.4, 0.5) is 5.82 Å². The Balaban J connectivity index is 1.19. The second kappa shape index (κ2) is 13.8. The van der Waals surface area contributed by atoms with E-state index in [2.05, 4.69) is 74.5 Å². The first-order valence-corrected chi connectivity index (χ1v) is 15.9. The maximum Gasteiger partial charge on any atom is 0.228 e. The molecular formula is C36H45N5O3. The van der Waals surface area contributed by atoms with Gasteiger partial charge >= 0.3 is 0 Å². The molecule has 1 saturated heterocycles. The summed E-state index contributed by atoms with van der Waals surface area (Å²) in [7, 11) is 5.72. The molecule has 2 aliphatic rings. The second-order valence-electron chi connectivity index (χ2n) is 12.4. The van der Waals surface area contributed by atoms with E-state index in [-0.39, 0.29) is 17.7 Å². The number of carbonyl (C=O) groups excluding carboxylic acids is 1. The fourth-order valence-corrected chi connectivity index (χ4v) is 6.50. The minimum Gasteiger partial charge on any atom is -0.489 e. The summed E-state index contributed by atoms with van der Waals surface area (Å²) < 4.78 is 13.9. The van der Waals surface area contributed by atoms with Gasteiger partial charge in [-0.25, -0.2) is 4.98 Å². The maximum absolute atomic E-state index is 14.4. The molecule has 3 heterocycles. The molecule has 1 amide bonds. The van der Waals surface area contributed by atoms with Crippen molar-refractivity contribution in [2.45, 2.75) is 57.3 Å². The van der Waals surface area contributed by atoms with Crippen LogP contribution in [-0.2, 0) is 29.2 Å². The molecule has 2 aromatic heterocycles. The molecule has 8 nitrogen and oxygen atoms in total. The SMILES string of the molecule is COCCCn1cc(CN(C(=O)[C@H]2CNCC[C@@H]2c2cccc(OCc3ccnc(N(C)C)c3)c2)C2CC2)c2ccccc21. The number of hydrogen-bond donors (Lipinski definition) is 1. The summed E-state index contributed by atoms with van der Waals surface area (Å²) in [5.41, 5.74) is 4.70. The molecule has 0 bridgehead atoms. The van der Waals surface area contributed by atoms with Crippen LogP contribution in [0.5, 0.6) is 5.75 Å². The number of amides is 1. The van der Waals surface area contributed by atoms with Crippen LogP contribution >= 0.6 is 0 Å². The number of fused-ring (bicyclic) bond motifs is 1. The molecule has 1 saturated carbocycles. The molecule has 4 aromatic rings. The van der Waals surface area contributed by atoms with Crippen molar-refractivity contribution in [3.05, 3.63) is 89.7 Å². The molecule has 0 unspecified atom stereocenters. The quantitative estimate of drug-likeness (QED) is 0.203. The van der Waals surface area contributed by atoms with Gasteiger partial charge in [-0.2, -0.15) is 0 Å². The molecular weight excluding hydrogens is 550 g/mol. The van der Waals surface area contributed by atoms with Crippen LogP contribution in [0.2, 0.25) is 0 Å². The molecule has 2 aromatic carbocycles. The van der Waals surface area contributed by atoms with E-state index >= 15 is 0 Å². The van der Waals surface area contributed by atoms with Crippen molar-refractivity contribution < 1.29 is 14.3 Å². The number of rotatable bonds is 13. The van der Waals surface area contributed by atoms with Crippen molar-refractivity contribution >= 4 is 22.6 Å². The van der Waals surface area contributed by atoms with E-state index in [0.29, 0.717) is 25.7 Å². The Labute approximate surface area is 261 Å². The lowest BCUT2D eigenvalue weighted by molar-refractivity contribution is -0.138. The molecule has 0 spiro atoms. The van der Waals surface area contributed by atoms with Crippen LogP contribution in [0, 0.1) is 5.92 Å². The van der Waals surface area contributed by atoms with E-state index in [9.17, 15) is 4.79 Å². The fourth-order valence-electron chi connectivity index (χ4n) is 6.50. The van der Waals surface area contributed by atoms with E-state index in [0.717, 1.165) is 62.5 Å². The molecule has 6 rings (SSSR count). The van der Waals surface area contributed by atoms with Crippen LogP contribution < -0.4 is 15.0 Å². The topological polar surface area (TPSA) is 71.9 Å². The van der Waals surface area contributed by atoms with Crippen molar-refractivity contribution in [2.24, 2.45) is 5.92 Å². The zero-order valence-corrected chi connectivity index (χ0v) is 26.2. The van der Waals surface area contributed by atoms with Gasteiger partial charge in [0.1, 0.15) is 18.2 Å². The molecule has 232 valence electrons. The monoisotopic (exact) mass is 595 g/mol. The lowest BCUT2D eigenvalue weighted by atomic mass is 9.80. The van der Waals surface area contributed by atoms with Crippen LogP contribution in [0.3, 0.4) is 0 Å². The number of ether oxygens (including phenoxy) is 2. The van der Waals surface area contributed by atoms with E-state index < -0.39 is 0 Å². The van der Waals surface area contributed by atoms with E-state index in [1.807, 2.05) is 37.3 Å². The highest BCUT2D eigenvalue weighted by atomic mass is 16.5. The molecule has 1 N–H and O–H groups in total. The second-order valence-corrected chi connectivity index (χ2v) is 12.4. The van der Waals surface area contributed by atoms with Crippen molar-refractivity contribution in [2.75, 3.05) is 45.8 Å². The molecule has 8 heteroatoms. The normalized spacial score (nSPS) is 18.3. The predicted molar refractivity (Wildman–Crippen MR) is 175 cm³/mol. The first-order chi connectivity index (χ1) is 21.5. The molecule has 44 heavy (non-hydrogen) atoms. The summed E-state index contributed by atoms with van der Waals surface area (Å²) in [5.74, 6) is 2.03. The Kier molecular flexibility index (Phi) is 9.48. The van der Waals surface area contributed by atoms with Gasteiger partial charge in [0.25, 0.3) is 0 Å². The van der Waals surface area contributed by atoms with Gasteiger partial charge in [0.15, 0.2) is 0 Å². The molecule has 1 aliphatic carbocycles. The fraction of sp³-hybridized carbons (Fsp3) is 0.444. The summed E-state index contributed by atoms with van der Waals surface area (Å²) >= 11 is 0. The van der Waals surface area contributed by atoms with Gasteiger partial charge in [0.2, 0.25) is 5.91 Å². The first-order valence-electron chi connectivity index (χ1n) is 15.9. The number of anilines is 1. The number of para-hydroxylation sites is 1. The summed E-state index contributed by atoms with van der Waals surface area (Å²) in [4.78, 5) is 23.0. The van der Waals surface area contributed by atoms with Crippen LogP contribution in [0.25, 0.3) is 10.9 Å². The maximum atomic E-state index is 14.4. The van der Waals surface area contributed by atoms with Gasteiger partial charge in [-0.1, -0.05) is 30.3 Å². The predicted octanol–water partition coefficient (Wildman–Crippen LogP) is 5.60. The van der Waals surface area contributed by atoms with Crippen molar-refractivity contribution in [3.63, 3.8) is 0 Å². The highest BCUT2D eigenvalue weighted by Crippen LogP contribution is 2.38.